The van der Waals surface area contributed by atoms with Gasteiger partial charge in [-0.05, 0) is 12.1 Å². The maximum absolute atomic E-state index is 5.48. The summed E-state index contributed by atoms with van der Waals surface area (Å²) in [6.07, 6.45) is -0.205. The summed E-state index contributed by atoms with van der Waals surface area (Å²) < 4.78 is 11.0. The van der Waals surface area contributed by atoms with E-state index < -0.39 is 8.07 Å². The molecule has 0 amide bonds. The van der Waals surface area contributed by atoms with E-state index in [1.807, 2.05) is 18.2 Å². The van der Waals surface area contributed by atoms with E-state index in [0.717, 1.165) is 11.1 Å². The zero-order valence-electron chi connectivity index (χ0n) is 10.6. The van der Waals surface area contributed by atoms with Gasteiger partial charge in [-0.25, -0.2) is 0 Å². The zero-order chi connectivity index (χ0) is 12.3. The monoisotopic (exact) mass is 246 g/mol. The predicted molar refractivity (Wildman–Crippen MR) is 71.3 cm³/mol. The van der Waals surface area contributed by atoms with Crippen LogP contribution in [0.2, 0.25) is 19.6 Å². The molecule has 2 nitrogen and oxygen atoms in total. The molecule has 1 fully saturated rings. The van der Waals surface area contributed by atoms with Crippen LogP contribution in [-0.2, 0) is 9.47 Å². The third kappa shape index (κ3) is 3.71. The summed E-state index contributed by atoms with van der Waals surface area (Å²) in [5, 5.41) is 0. The van der Waals surface area contributed by atoms with Gasteiger partial charge < -0.3 is 9.47 Å². The summed E-state index contributed by atoms with van der Waals surface area (Å²) in [7, 11) is -1.31. The van der Waals surface area contributed by atoms with Gasteiger partial charge in [0.1, 0.15) is 8.07 Å². The summed E-state index contributed by atoms with van der Waals surface area (Å²) in [6, 6.07) is 8.12. The molecule has 0 aromatic heterocycles. The Morgan fingerprint density at radius 1 is 1.18 bits per heavy atom. The maximum atomic E-state index is 5.48. The minimum Gasteiger partial charge on any atom is -0.346 e. The average Bonchev–Trinajstić information content (AvgIpc) is 2.79. The van der Waals surface area contributed by atoms with E-state index in [4.69, 9.17) is 9.47 Å². The van der Waals surface area contributed by atoms with Gasteiger partial charge in [-0.3, -0.25) is 0 Å². The highest BCUT2D eigenvalue weighted by Crippen LogP contribution is 2.23. The first kappa shape index (κ1) is 12.4. The van der Waals surface area contributed by atoms with Crippen LogP contribution in [0.25, 0.3) is 0 Å². The van der Waals surface area contributed by atoms with E-state index in [0.29, 0.717) is 13.2 Å². The van der Waals surface area contributed by atoms with Crippen molar-refractivity contribution in [3.05, 3.63) is 35.4 Å². The highest BCUT2D eigenvalue weighted by atomic mass is 28.3. The zero-order valence-corrected chi connectivity index (χ0v) is 11.6. The number of ether oxygens (including phenoxy) is 2. The van der Waals surface area contributed by atoms with Gasteiger partial charge in [0.25, 0.3) is 0 Å². The molecular weight excluding hydrogens is 228 g/mol. The summed E-state index contributed by atoms with van der Waals surface area (Å²) in [4.78, 5) is 0. The molecule has 2 rings (SSSR count). The van der Waals surface area contributed by atoms with E-state index in [1.54, 1.807) is 0 Å². The number of hydrogen-bond acceptors (Lipinski definition) is 2. The summed E-state index contributed by atoms with van der Waals surface area (Å²) in [5.74, 6) is 3.25. The van der Waals surface area contributed by atoms with Crippen LogP contribution < -0.4 is 0 Å². The van der Waals surface area contributed by atoms with Crippen molar-refractivity contribution < 1.29 is 9.47 Å². The second-order valence-electron chi connectivity index (χ2n) is 5.20. The van der Waals surface area contributed by atoms with Crippen molar-refractivity contribution >= 4 is 8.07 Å². The summed E-state index contributed by atoms with van der Waals surface area (Å²) in [5.41, 5.74) is 5.47. The van der Waals surface area contributed by atoms with E-state index >= 15 is 0 Å². The molecule has 1 saturated heterocycles. The lowest BCUT2D eigenvalue weighted by molar-refractivity contribution is -0.0441. The smallest absolute Gasteiger partial charge is 0.184 e. The molecule has 0 N–H and O–H groups in total. The maximum Gasteiger partial charge on any atom is 0.184 e. The van der Waals surface area contributed by atoms with Crippen molar-refractivity contribution in [2.75, 3.05) is 13.2 Å². The fraction of sp³-hybridized carbons (Fsp3) is 0.429. The molecule has 0 radical (unpaired) electrons. The highest BCUT2D eigenvalue weighted by Gasteiger charge is 2.18. The Kier molecular flexibility index (Phi) is 3.68. The third-order valence-electron chi connectivity index (χ3n) is 2.36. The fourth-order valence-corrected chi connectivity index (χ4v) is 2.09. The van der Waals surface area contributed by atoms with Crippen LogP contribution in [0.5, 0.6) is 0 Å². The van der Waals surface area contributed by atoms with Crippen molar-refractivity contribution in [1.29, 1.82) is 0 Å². The first-order valence-electron chi connectivity index (χ1n) is 5.91. The molecule has 1 aliphatic rings. The molecule has 0 unspecified atom stereocenters. The van der Waals surface area contributed by atoms with E-state index in [9.17, 15) is 0 Å². The van der Waals surface area contributed by atoms with Gasteiger partial charge in [0, 0.05) is 11.1 Å². The molecule has 17 heavy (non-hydrogen) atoms. The van der Waals surface area contributed by atoms with Crippen LogP contribution in [0.15, 0.2) is 24.3 Å². The first-order chi connectivity index (χ1) is 8.04. The average molecular weight is 246 g/mol. The SMILES string of the molecule is C[Si](C)(C)C#Cc1cccc(C2OCCO2)c1. The molecule has 90 valence electrons. The second kappa shape index (κ2) is 5.05. The molecule has 1 aliphatic heterocycles. The van der Waals surface area contributed by atoms with E-state index in [-0.39, 0.29) is 6.29 Å². The standard InChI is InChI=1S/C14H18O2Si/c1-17(2,3)10-7-12-5-4-6-13(11-12)14-15-8-9-16-14/h4-6,11,14H,8-9H2,1-3H3. The topological polar surface area (TPSA) is 18.5 Å². The number of rotatable bonds is 1. The normalized spacial score (nSPS) is 16.6. The molecule has 1 heterocycles. The molecule has 3 heteroatoms. The Hall–Kier alpha value is -1.08. The van der Waals surface area contributed by atoms with Crippen LogP contribution in [0.1, 0.15) is 17.4 Å². The van der Waals surface area contributed by atoms with Crippen molar-refractivity contribution in [2.45, 2.75) is 25.9 Å². The predicted octanol–water partition coefficient (Wildman–Crippen LogP) is 2.96. The highest BCUT2D eigenvalue weighted by molar-refractivity contribution is 6.83. The first-order valence-corrected chi connectivity index (χ1v) is 9.41. The lowest BCUT2D eigenvalue weighted by Gasteiger charge is -2.09. The molecule has 0 aliphatic carbocycles. The van der Waals surface area contributed by atoms with Crippen molar-refractivity contribution in [1.82, 2.24) is 0 Å². The Morgan fingerprint density at radius 2 is 1.88 bits per heavy atom. The lowest BCUT2D eigenvalue weighted by atomic mass is 10.1. The van der Waals surface area contributed by atoms with Crippen molar-refractivity contribution in [3.8, 4) is 11.5 Å². The molecule has 0 atom stereocenters. The summed E-state index contributed by atoms with van der Waals surface area (Å²) in [6.45, 7) is 8.08. The Morgan fingerprint density at radius 3 is 2.53 bits per heavy atom. The van der Waals surface area contributed by atoms with Crippen LogP contribution in [0, 0.1) is 11.5 Å². The van der Waals surface area contributed by atoms with Gasteiger partial charge in [-0.2, -0.15) is 0 Å². The Balaban J connectivity index is 2.18. The largest absolute Gasteiger partial charge is 0.346 e. The van der Waals surface area contributed by atoms with Gasteiger partial charge in [0.2, 0.25) is 0 Å². The minimum absolute atomic E-state index is 0.205. The molecule has 0 saturated carbocycles. The molecular formula is C14H18O2Si. The van der Waals surface area contributed by atoms with Gasteiger partial charge in [-0.15, -0.1) is 5.54 Å². The fourth-order valence-electron chi connectivity index (χ4n) is 1.57. The number of hydrogen-bond donors (Lipinski definition) is 0. The van der Waals surface area contributed by atoms with Crippen LogP contribution in [0.4, 0.5) is 0 Å². The van der Waals surface area contributed by atoms with E-state index in [1.165, 1.54) is 0 Å². The second-order valence-corrected chi connectivity index (χ2v) is 9.95. The van der Waals surface area contributed by atoms with Gasteiger partial charge in [0.05, 0.1) is 13.2 Å². The molecule has 1 aromatic carbocycles. The lowest BCUT2D eigenvalue weighted by Crippen LogP contribution is -2.16. The van der Waals surface area contributed by atoms with E-state index in [2.05, 4.69) is 37.2 Å². The minimum atomic E-state index is -1.31. The van der Waals surface area contributed by atoms with Gasteiger partial charge in [0.15, 0.2) is 6.29 Å². The quantitative estimate of drug-likeness (QED) is 0.560. The van der Waals surface area contributed by atoms with Crippen molar-refractivity contribution in [2.24, 2.45) is 0 Å². The molecule has 0 spiro atoms. The number of benzene rings is 1. The molecule has 0 bridgehead atoms. The summed E-state index contributed by atoms with van der Waals surface area (Å²) >= 11 is 0. The van der Waals surface area contributed by atoms with Crippen LogP contribution in [-0.4, -0.2) is 21.3 Å². The Labute approximate surface area is 104 Å². The van der Waals surface area contributed by atoms with Gasteiger partial charge in [-0.1, -0.05) is 37.7 Å². The van der Waals surface area contributed by atoms with Crippen LogP contribution >= 0.6 is 0 Å². The molecule has 1 aromatic rings. The van der Waals surface area contributed by atoms with Gasteiger partial charge >= 0.3 is 0 Å². The van der Waals surface area contributed by atoms with Crippen LogP contribution in [0.3, 0.4) is 0 Å². The van der Waals surface area contributed by atoms with Crippen molar-refractivity contribution in [3.63, 3.8) is 0 Å². The third-order valence-corrected chi connectivity index (χ3v) is 3.24. The Bertz CT molecular complexity index is 445.